The van der Waals surface area contributed by atoms with Gasteiger partial charge in [-0.25, -0.2) is 0 Å². The molecule has 2 atom stereocenters. The van der Waals surface area contributed by atoms with Crippen molar-refractivity contribution >= 4 is 0 Å². The second kappa shape index (κ2) is 18.0. The zero-order valence-corrected chi connectivity index (χ0v) is 23.6. The third-order valence-electron chi connectivity index (χ3n) is 7.49. The first-order valence-electron chi connectivity index (χ1n) is 14.3. The van der Waals surface area contributed by atoms with E-state index in [0.717, 1.165) is 38.9 Å². The van der Waals surface area contributed by atoms with Gasteiger partial charge in [0.25, 0.3) is 0 Å². The minimum absolute atomic E-state index is 0.205. The highest BCUT2D eigenvalue weighted by Gasteiger charge is 2.11. The average Bonchev–Trinajstić information content (AvgIpc) is 2.92. The molecule has 0 aliphatic carbocycles. The summed E-state index contributed by atoms with van der Waals surface area (Å²) in [4.78, 5) is 0. The Bertz CT molecular complexity index is 810. The van der Waals surface area contributed by atoms with Crippen LogP contribution in [0.4, 0.5) is 0 Å². The van der Waals surface area contributed by atoms with Gasteiger partial charge in [0.2, 0.25) is 0 Å². The molecule has 0 bridgehead atoms. The molecule has 0 radical (unpaired) electrons. The maximum absolute atomic E-state index is 9.79. The predicted molar refractivity (Wildman–Crippen MR) is 152 cm³/mol. The van der Waals surface area contributed by atoms with E-state index < -0.39 is 0 Å². The van der Waals surface area contributed by atoms with Crippen LogP contribution in [0.2, 0.25) is 0 Å². The lowest BCUT2D eigenvalue weighted by Gasteiger charge is -2.16. The van der Waals surface area contributed by atoms with Crippen LogP contribution in [-0.4, -0.2) is 37.6 Å². The molecule has 5 heteroatoms. The molecule has 0 amide bonds. The van der Waals surface area contributed by atoms with Crippen molar-refractivity contribution in [2.75, 3.05) is 27.4 Å². The Labute approximate surface area is 225 Å². The summed E-state index contributed by atoms with van der Waals surface area (Å²) < 4.78 is 16.4. The summed E-state index contributed by atoms with van der Waals surface area (Å²) in [5, 5.41) is 19.6. The number of ether oxygens (including phenoxy) is 3. The molecule has 0 spiro atoms. The van der Waals surface area contributed by atoms with Gasteiger partial charge < -0.3 is 24.4 Å². The van der Waals surface area contributed by atoms with Crippen LogP contribution in [0.1, 0.15) is 89.2 Å². The smallest absolute Gasteiger partial charge is 0.160 e. The van der Waals surface area contributed by atoms with Crippen LogP contribution < -0.4 is 9.47 Å². The topological polar surface area (TPSA) is 68.2 Å². The van der Waals surface area contributed by atoms with Crippen LogP contribution in [-0.2, 0) is 17.6 Å². The standard InChI is InChI=1S/C32H50O5/c1-5-25(21-27-15-17-29(33)31(23-27)35-3)13-9-7-11-19-37-20-12-8-10-14-26(6-2)22-28-16-18-30(34)32(24-28)36-4/h15-18,23-26,33-34H,5-14,19-22H2,1-4H3. The van der Waals surface area contributed by atoms with Gasteiger partial charge in [0.1, 0.15) is 0 Å². The number of methoxy groups -OCH3 is 2. The summed E-state index contributed by atoms with van der Waals surface area (Å²) in [5.74, 6) is 2.86. The Kier molecular flexibility index (Phi) is 15.0. The summed E-state index contributed by atoms with van der Waals surface area (Å²) in [7, 11) is 3.19. The summed E-state index contributed by atoms with van der Waals surface area (Å²) in [6.45, 7) is 6.26. The molecule has 2 aromatic rings. The molecule has 0 heterocycles. The molecule has 208 valence electrons. The number of hydrogen-bond acceptors (Lipinski definition) is 5. The van der Waals surface area contributed by atoms with E-state index >= 15 is 0 Å². The van der Waals surface area contributed by atoms with Crippen molar-refractivity contribution in [3.05, 3.63) is 47.5 Å². The molecule has 0 saturated heterocycles. The molecule has 0 aromatic heterocycles. The number of phenols is 2. The molecular weight excluding hydrogens is 464 g/mol. The largest absolute Gasteiger partial charge is 0.504 e. The van der Waals surface area contributed by atoms with Gasteiger partial charge in [-0.3, -0.25) is 0 Å². The van der Waals surface area contributed by atoms with E-state index in [1.807, 2.05) is 24.3 Å². The van der Waals surface area contributed by atoms with E-state index in [0.29, 0.717) is 23.3 Å². The minimum atomic E-state index is 0.205. The Morgan fingerprint density at radius 3 is 1.43 bits per heavy atom. The summed E-state index contributed by atoms with van der Waals surface area (Å²) >= 11 is 0. The van der Waals surface area contributed by atoms with Crippen molar-refractivity contribution in [3.8, 4) is 23.0 Å². The first-order chi connectivity index (χ1) is 18.0. The second-order valence-corrected chi connectivity index (χ2v) is 10.3. The van der Waals surface area contributed by atoms with Crippen molar-refractivity contribution in [1.29, 1.82) is 0 Å². The number of phenolic OH excluding ortho intramolecular Hbond substituents is 2. The van der Waals surface area contributed by atoms with E-state index in [9.17, 15) is 10.2 Å². The van der Waals surface area contributed by atoms with Crippen LogP contribution in [0.25, 0.3) is 0 Å². The fraction of sp³-hybridized carbons (Fsp3) is 0.625. The normalized spacial score (nSPS) is 12.9. The molecule has 2 N–H and O–H groups in total. The SMILES string of the molecule is CCC(CCCCCOCCCCCC(CC)Cc1ccc(O)c(OC)c1)Cc1ccc(O)c(OC)c1. The molecule has 0 saturated carbocycles. The fourth-order valence-electron chi connectivity index (χ4n) is 5.00. The molecule has 0 fully saturated rings. The summed E-state index contributed by atoms with van der Waals surface area (Å²) in [5.41, 5.74) is 2.46. The number of rotatable bonds is 20. The molecule has 0 aliphatic heterocycles. The Balaban J connectivity index is 1.49. The first-order valence-corrected chi connectivity index (χ1v) is 14.3. The zero-order chi connectivity index (χ0) is 26.9. The first kappa shape index (κ1) is 30.8. The monoisotopic (exact) mass is 514 g/mol. The van der Waals surface area contributed by atoms with Gasteiger partial charge in [0, 0.05) is 13.2 Å². The highest BCUT2D eigenvalue weighted by molar-refractivity contribution is 5.42. The Hall–Kier alpha value is -2.40. The molecule has 2 unspecified atom stereocenters. The molecular formula is C32H50O5. The van der Waals surface area contributed by atoms with E-state index in [2.05, 4.69) is 13.8 Å². The number of aromatic hydroxyl groups is 2. The van der Waals surface area contributed by atoms with Crippen molar-refractivity contribution in [3.63, 3.8) is 0 Å². The number of hydrogen-bond donors (Lipinski definition) is 2. The van der Waals surface area contributed by atoms with Gasteiger partial charge in [0.15, 0.2) is 23.0 Å². The van der Waals surface area contributed by atoms with Crippen LogP contribution in [0.3, 0.4) is 0 Å². The van der Waals surface area contributed by atoms with Gasteiger partial charge in [-0.05, 0) is 72.9 Å². The highest BCUT2D eigenvalue weighted by atomic mass is 16.5. The lowest BCUT2D eigenvalue weighted by Crippen LogP contribution is -2.05. The molecule has 2 aromatic carbocycles. The van der Waals surface area contributed by atoms with E-state index in [1.165, 1.54) is 62.5 Å². The fourth-order valence-corrected chi connectivity index (χ4v) is 5.00. The zero-order valence-electron chi connectivity index (χ0n) is 23.6. The maximum atomic E-state index is 9.79. The molecule has 0 aliphatic rings. The summed E-state index contributed by atoms with van der Waals surface area (Å²) in [6.07, 6.45) is 14.1. The average molecular weight is 515 g/mol. The molecule has 5 nitrogen and oxygen atoms in total. The Morgan fingerprint density at radius 2 is 1.05 bits per heavy atom. The van der Waals surface area contributed by atoms with Crippen LogP contribution >= 0.6 is 0 Å². The minimum Gasteiger partial charge on any atom is -0.504 e. The van der Waals surface area contributed by atoms with Crippen LogP contribution in [0.5, 0.6) is 23.0 Å². The van der Waals surface area contributed by atoms with Crippen LogP contribution in [0, 0.1) is 11.8 Å². The van der Waals surface area contributed by atoms with E-state index in [-0.39, 0.29) is 11.5 Å². The maximum Gasteiger partial charge on any atom is 0.160 e. The van der Waals surface area contributed by atoms with E-state index in [1.54, 1.807) is 26.4 Å². The van der Waals surface area contributed by atoms with E-state index in [4.69, 9.17) is 14.2 Å². The predicted octanol–water partition coefficient (Wildman–Crippen LogP) is 8.09. The van der Waals surface area contributed by atoms with Gasteiger partial charge >= 0.3 is 0 Å². The third-order valence-corrected chi connectivity index (χ3v) is 7.49. The van der Waals surface area contributed by atoms with Gasteiger partial charge in [-0.2, -0.15) is 0 Å². The van der Waals surface area contributed by atoms with Gasteiger partial charge in [0.05, 0.1) is 14.2 Å². The van der Waals surface area contributed by atoms with Crippen molar-refractivity contribution < 1.29 is 24.4 Å². The quantitative estimate of drug-likeness (QED) is 0.175. The third kappa shape index (κ3) is 11.7. The van der Waals surface area contributed by atoms with Crippen molar-refractivity contribution in [1.82, 2.24) is 0 Å². The Morgan fingerprint density at radius 1 is 0.622 bits per heavy atom. The van der Waals surface area contributed by atoms with Crippen molar-refractivity contribution in [2.24, 2.45) is 11.8 Å². The highest BCUT2D eigenvalue weighted by Crippen LogP contribution is 2.30. The van der Waals surface area contributed by atoms with Crippen LogP contribution in [0.15, 0.2) is 36.4 Å². The lowest BCUT2D eigenvalue weighted by molar-refractivity contribution is 0.125. The summed E-state index contributed by atoms with van der Waals surface area (Å²) in [6, 6.07) is 11.4. The lowest BCUT2D eigenvalue weighted by atomic mass is 9.91. The molecule has 2 rings (SSSR count). The molecule has 37 heavy (non-hydrogen) atoms. The second-order valence-electron chi connectivity index (χ2n) is 10.3. The number of benzene rings is 2. The van der Waals surface area contributed by atoms with Gasteiger partial charge in [-0.15, -0.1) is 0 Å². The van der Waals surface area contributed by atoms with Crippen molar-refractivity contribution in [2.45, 2.75) is 90.9 Å². The van der Waals surface area contributed by atoms with Gasteiger partial charge in [-0.1, -0.05) is 77.3 Å². The number of unbranched alkanes of at least 4 members (excludes halogenated alkanes) is 4.